The highest BCUT2D eigenvalue weighted by Crippen LogP contribution is 2.22. The molecule has 0 aliphatic rings. The number of hydrogen-bond acceptors (Lipinski definition) is 2. The van der Waals surface area contributed by atoms with Crippen LogP contribution in [0.4, 0.5) is 0 Å². The van der Waals surface area contributed by atoms with Gasteiger partial charge in [-0.05, 0) is 36.7 Å². The zero-order valence-corrected chi connectivity index (χ0v) is 15.5. The van der Waals surface area contributed by atoms with Gasteiger partial charge in [0.25, 0.3) is 0 Å². The molecule has 0 fully saturated rings. The predicted octanol–water partition coefficient (Wildman–Crippen LogP) is 5.64. The molecule has 0 saturated heterocycles. The van der Waals surface area contributed by atoms with Gasteiger partial charge >= 0.3 is 0 Å². The van der Waals surface area contributed by atoms with Crippen LogP contribution in [0.1, 0.15) is 33.3 Å². The second-order valence-corrected chi connectivity index (χ2v) is 10.5. The van der Waals surface area contributed by atoms with Gasteiger partial charge < -0.3 is 9.16 Å². The van der Waals surface area contributed by atoms with E-state index in [2.05, 4.69) is 51.6 Å². The summed E-state index contributed by atoms with van der Waals surface area (Å²) in [6.45, 7) is 13.1. The molecule has 122 valence electrons. The Morgan fingerprint density at radius 2 is 1.73 bits per heavy atom. The largest absolute Gasteiger partial charge is 0.489 e. The number of allylic oxidation sites excluding steroid dienone is 1. The summed E-state index contributed by atoms with van der Waals surface area (Å²) in [6, 6.07) is 13.7. The van der Waals surface area contributed by atoms with Crippen molar-refractivity contribution in [2.45, 2.75) is 51.9 Å². The third kappa shape index (κ3) is 6.20. The maximum atomic E-state index is 6.35. The molecule has 0 heterocycles. The zero-order chi connectivity index (χ0) is 16.4. The third-order valence-electron chi connectivity index (χ3n) is 4.14. The van der Waals surface area contributed by atoms with Crippen molar-refractivity contribution in [3.05, 3.63) is 54.3 Å². The van der Waals surface area contributed by atoms with Gasteiger partial charge in [0.05, 0.1) is 12.4 Å². The lowest BCUT2D eigenvalue weighted by Gasteiger charge is -2.30. The summed E-state index contributed by atoms with van der Waals surface area (Å²) < 4.78 is 12.2. The van der Waals surface area contributed by atoms with E-state index in [0.717, 1.165) is 23.9 Å². The van der Waals surface area contributed by atoms with Crippen molar-refractivity contribution >= 4 is 14.4 Å². The van der Waals surface area contributed by atoms with E-state index in [-0.39, 0.29) is 6.10 Å². The monoisotopic (exact) mass is 318 g/mol. The second kappa shape index (κ2) is 9.64. The average molecular weight is 319 g/mol. The van der Waals surface area contributed by atoms with E-state index in [1.54, 1.807) is 0 Å². The second-order valence-electron chi connectivity index (χ2n) is 5.68. The Bertz CT molecular complexity index is 455. The Morgan fingerprint density at radius 1 is 1.14 bits per heavy atom. The lowest BCUT2D eigenvalue weighted by molar-refractivity contribution is 0.0995. The summed E-state index contributed by atoms with van der Waals surface area (Å²) in [4.78, 5) is 0. The normalized spacial score (nSPS) is 13.3. The van der Waals surface area contributed by atoms with Crippen LogP contribution in [0.3, 0.4) is 0 Å². The molecule has 22 heavy (non-hydrogen) atoms. The first kappa shape index (κ1) is 18.7. The standard InChI is InChI=1S/C19H30O2Si/c1-6-22(7-2,8-3)20-16-19(21-17(4)5)15-14-18-12-10-9-11-13-18/h9-15,19H,4,6-8,16H2,1-3,5H3/b15-14-/t19-/m0/s1. The molecule has 0 N–H and O–H groups in total. The smallest absolute Gasteiger partial charge is 0.192 e. The molecule has 0 amide bonds. The molecule has 2 nitrogen and oxygen atoms in total. The van der Waals surface area contributed by atoms with Crippen LogP contribution in [0.25, 0.3) is 6.08 Å². The summed E-state index contributed by atoms with van der Waals surface area (Å²) in [5, 5.41) is 0. The van der Waals surface area contributed by atoms with E-state index in [9.17, 15) is 0 Å². The van der Waals surface area contributed by atoms with Crippen molar-refractivity contribution in [3.63, 3.8) is 0 Å². The molecule has 0 aliphatic carbocycles. The van der Waals surface area contributed by atoms with Crippen LogP contribution in [0, 0.1) is 0 Å². The number of hydrogen-bond donors (Lipinski definition) is 0. The lowest BCUT2D eigenvalue weighted by Crippen LogP contribution is -2.38. The highest BCUT2D eigenvalue weighted by molar-refractivity contribution is 6.73. The Morgan fingerprint density at radius 3 is 2.23 bits per heavy atom. The quantitative estimate of drug-likeness (QED) is 0.410. The Balaban J connectivity index is 2.72. The highest BCUT2D eigenvalue weighted by atomic mass is 28.4. The fourth-order valence-corrected chi connectivity index (χ4v) is 5.12. The first-order chi connectivity index (χ1) is 10.5. The molecule has 1 rings (SSSR count). The van der Waals surface area contributed by atoms with Crippen LogP contribution >= 0.6 is 0 Å². The van der Waals surface area contributed by atoms with Crippen LogP contribution in [0.2, 0.25) is 18.1 Å². The van der Waals surface area contributed by atoms with Gasteiger partial charge in [-0.3, -0.25) is 0 Å². The molecule has 1 aromatic rings. The molecule has 0 spiro atoms. The molecule has 0 radical (unpaired) electrons. The number of benzene rings is 1. The highest BCUT2D eigenvalue weighted by Gasteiger charge is 2.29. The molecule has 0 saturated carbocycles. The molecule has 1 atom stereocenters. The third-order valence-corrected chi connectivity index (χ3v) is 8.79. The Kier molecular flexibility index (Phi) is 8.21. The van der Waals surface area contributed by atoms with Crippen molar-refractivity contribution in [1.29, 1.82) is 0 Å². The topological polar surface area (TPSA) is 18.5 Å². The van der Waals surface area contributed by atoms with Gasteiger partial charge in [0.2, 0.25) is 0 Å². The van der Waals surface area contributed by atoms with Crippen LogP contribution in [0.15, 0.2) is 48.7 Å². The molecular weight excluding hydrogens is 288 g/mol. The van der Waals surface area contributed by atoms with Gasteiger partial charge in [-0.15, -0.1) is 0 Å². The fraction of sp³-hybridized carbons (Fsp3) is 0.474. The van der Waals surface area contributed by atoms with E-state index in [1.807, 2.05) is 25.1 Å². The van der Waals surface area contributed by atoms with Gasteiger partial charge in [-0.1, -0.05) is 63.8 Å². The predicted molar refractivity (Wildman–Crippen MR) is 98.3 cm³/mol. The first-order valence-corrected chi connectivity index (χ1v) is 10.8. The minimum atomic E-state index is -1.58. The lowest BCUT2D eigenvalue weighted by atomic mass is 10.2. The number of ether oxygens (including phenoxy) is 1. The van der Waals surface area contributed by atoms with Gasteiger partial charge in [-0.25, -0.2) is 0 Å². The van der Waals surface area contributed by atoms with Crippen molar-refractivity contribution in [1.82, 2.24) is 0 Å². The van der Waals surface area contributed by atoms with Crippen LogP contribution in [-0.2, 0) is 9.16 Å². The minimum Gasteiger partial charge on any atom is -0.489 e. The summed E-state index contributed by atoms with van der Waals surface area (Å²) in [6.07, 6.45) is 4.09. The maximum absolute atomic E-state index is 6.35. The molecule has 0 aliphatic heterocycles. The van der Waals surface area contributed by atoms with E-state index < -0.39 is 8.32 Å². The summed E-state index contributed by atoms with van der Waals surface area (Å²) in [7, 11) is -1.58. The van der Waals surface area contributed by atoms with Crippen LogP contribution < -0.4 is 0 Å². The Hall–Kier alpha value is -1.32. The zero-order valence-electron chi connectivity index (χ0n) is 14.5. The van der Waals surface area contributed by atoms with Gasteiger partial charge in [0.15, 0.2) is 8.32 Å². The molecular formula is C19H30O2Si. The molecule has 1 aromatic carbocycles. The van der Waals surface area contributed by atoms with Gasteiger partial charge in [-0.2, -0.15) is 0 Å². The SMILES string of the molecule is C=C(C)O[C@@H](/C=C\c1ccccc1)CO[Si](CC)(CC)CC. The van der Waals surface area contributed by atoms with Gasteiger partial charge in [0, 0.05) is 0 Å². The van der Waals surface area contributed by atoms with Crippen molar-refractivity contribution < 1.29 is 9.16 Å². The van der Waals surface area contributed by atoms with Crippen molar-refractivity contribution in [2.24, 2.45) is 0 Å². The van der Waals surface area contributed by atoms with E-state index in [4.69, 9.17) is 9.16 Å². The summed E-state index contributed by atoms with van der Waals surface area (Å²) in [5.74, 6) is 0.725. The van der Waals surface area contributed by atoms with E-state index in [0.29, 0.717) is 6.61 Å². The fourth-order valence-electron chi connectivity index (χ4n) is 2.48. The minimum absolute atomic E-state index is 0.0748. The van der Waals surface area contributed by atoms with E-state index in [1.165, 1.54) is 5.56 Å². The molecule has 0 unspecified atom stereocenters. The molecule has 3 heteroatoms. The first-order valence-electron chi connectivity index (χ1n) is 8.24. The van der Waals surface area contributed by atoms with Crippen molar-refractivity contribution in [2.75, 3.05) is 6.61 Å². The molecule has 0 aromatic heterocycles. The summed E-state index contributed by atoms with van der Waals surface area (Å²) >= 11 is 0. The van der Waals surface area contributed by atoms with Crippen LogP contribution in [0.5, 0.6) is 0 Å². The average Bonchev–Trinajstić information content (AvgIpc) is 2.54. The van der Waals surface area contributed by atoms with Gasteiger partial charge in [0.1, 0.15) is 6.10 Å². The van der Waals surface area contributed by atoms with E-state index >= 15 is 0 Å². The summed E-state index contributed by atoms with van der Waals surface area (Å²) in [5.41, 5.74) is 1.17. The number of rotatable bonds is 10. The van der Waals surface area contributed by atoms with Crippen molar-refractivity contribution in [3.8, 4) is 0 Å². The Labute approximate surface area is 137 Å². The molecule has 0 bridgehead atoms. The van der Waals surface area contributed by atoms with Crippen LogP contribution in [-0.4, -0.2) is 21.0 Å². The maximum Gasteiger partial charge on any atom is 0.192 e.